The second kappa shape index (κ2) is 4.78. The van der Waals surface area contributed by atoms with Crippen LogP contribution in [0.1, 0.15) is 33.4 Å². The number of nitrogens with one attached hydrogen (secondary N) is 1. The summed E-state index contributed by atoms with van der Waals surface area (Å²) in [5.41, 5.74) is 1.31. The van der Waals surface area contributed by atoms with Crippen molar-refractivity contribution < 1.29 is 0 Å². The summed E-state index contributed by atoms with van der Waals surface area (Å²) in [6.45, 7) is 9.98. The molecule has 0 aliphatic carbocycles. The molecule has 2 nitrogen and oxygen atoms in total. The van der Waals surface area contributed by atoms with Crippen molar-refractivity contribution in [3.05, 3.63) is 16.7 Å². The number of nitrogens with zero attached hydrogens (tertiary/aromatic N) is 1. The molecule has 0 aliphatic heterocycles. The van der Waals surface area contributed by atoms with Crippen LogP contribution in [0, 0.1) is 16.6 Å². The number of H-pyrrole nitrogens is 1. The Morgan fingerprint density at radius 2 is 2.07 bits per heavy atom. The van der Waals surface area contributed by atoms with Crippen LogP contribution in [0.25, 0.3) is 0 Å². The molecule has 0 amide bonds. The number of imidazole rings is 1. The van der Waals surface area contributed by atoms with E-state index in [4.69, 9.17) is 12.2 Å². The van der Waals surface area contributed by atoms with E-state index in [1.807, 2.05) is 6.20 Å². The second-order valence-corrected chi connectivity index (χ2v) is 4.66. The van der Waals surface area contributed by atoms with E-state index in [2.05, 4.69) is 37.2 Å². The lowest BCUT2D eigenvalue weighted by Crippen LogP contribution is -2.14. The molecule has 1 aromatic heterocycles. The smallest absolute Gasteiger partial charge is 0.177 e. The zero-order valence-corrected chi connectivity index (χ0v) is 10.3. The highest BCUT2D eigenvalue weighted by molar-refractivity contribution is 7.71. The molecule has 1 atom stereocenters. The van der Waals surface area contributed by atoms with Gasteiger partial charge in [0.15, 0.2) is 4.77 Å². The number of rotatable bonds is 4. The van der Waals surface area contributed by atoms with Gasteiger partial charge in [0.05, 0.1) is 0 Å². The maximum Gasteiger partial charge on any atom is 0.177 e. The first-order valence-corrected chi connectivity index (χ1v) is 5.74. The molecule has 1 aromatic rings. The third kappa shape index (κ3) is 2.47. The van der Waals surface area contributed by atoms with E-state index in [0.717, 1.165) is 17.7 Å². The van der Waals surface area contributed by atoms with Crippen molar-refractivity contribution >= 4 is 12.2 Å². The van der Waals surface area contributed by atoms with E-state index < -0.39 is 0 Å². The highest BCUT2D eigenvalue weighted by atomic mass is 32.1. The average molecular weight is 212 g/mol. The first kappa shape index (κ1) is 11.5. The van der Waals surface area contributed by atoms with Crippen molar-refractivity contribution in [2.45, 2.75) is 40.7 Å². The molecule has 0 aliphatic rings. The van der Waals surface area contributed by atoms with Crippen molar-refractivity contribution in [2.75, 3.05) is 0 Å². The maximum atomic E-state index is 5.25. The lowest BCUT2D eigenvalue weighted by Gasteiger charge is -2.17. The lowest BCUT2D eigenvalue weighted by atomic mass is 9.98. The minimum absolute atomic E-state index is 0.669. The zero-order chi connectivity index (χ0) is 10.7. The summed E-state index contributed by atoms with van der Waals surface area (Å²) in [7, 11) is 0. The fraction of sp³-hybridized carbons (Fsp3) is 0.727. The van der Waals surface area contributed by atoms with Crippen LogP contribution in [0.5, 0.6) is 0 Å². The molecule has 1 heterocycles. The van der Waals surface area contributed by atoms with Crippen molar-refractivity contribution in [1.82, 2.24) is 9.55 Å². The van der Waals surface area contributed by atoms with Crippen molar-refractivity contribution in [1.29, 1.82) is 0 Å². The molecule has 1 unspecified atom stereocenters. The van der Waals surface area contributed by atoms with Crippen molar-refractivity contribution in [2.24, 2.45) is 11.8 Å². The Labute approximate surface area is 91.3 Å². The van der Waals surface area contributed by atoms with Crippen LogP contribution in [0.4, 0.5) is 0 Å². The maximum absolute atomic E-state index is 5.25. The third-order valence-corrected chi connectivity index (χ3v) is 3.26. The van der Waals surface area contributed by atoms with E-state index in [0.29, 0.717) is 11.8 Å². The third-order valence-electron chi connectivity index (χ3n) is 2.92. The van der Waals surface area contributed by atoms with Gasteiger partial charge in [-0.05, 0) is 30.5 Å². The predicted octanol–water partition coefficient (Wildman–Crippen LogP) is 3.40. The van der Waals surface area contributed by atoms with Crippen LogP contribution in [-0.4, -0.2) is 9.55 Å². The number of aryl methyl sites for hydroxylation is 1. The standard InChI is InChI=1S/C11H20N2S/c1-5-10-6-12-11(14)13(10)7-9(4)8(2)3/h6,8-9H,5,7H2,1-4H3,(H,12,14). The second-order valence-electron chi connectivity index (χ2n) is 4.27. The quantitative estimate of drug-likeness (QED) is 0.759. The Morgan fingerprint density at radius 1 is 1.43 bits per heavy atom. The van der Waals surface area contributed by atoms with Gasteiger partial charge in [-0.1, -0.05) is 27.7 Å². The summed E-state index contributed by atoms with van der Waals surface area (Å²) in [5.74, 6) is 1.37. The largest absolute Gasteiger partial charge is 0.337 e. The van der Waals surface area contributed by atoms with E-state index >= 15 is 0 Å². The van der Waals surface area contributed by atoms with Gasteiger partial charge in [0.1, 0.15) is 0 Å². The van der Waals surface area contributed by atoms with Gasteiger partial charge in [-0.25, -0.2) is 0 Å². The zero-order valence-electron chi connectivity index (χ0n) is 9.50. The highest BCUT2D eigenvalue weighted by Gasteiger charge is 2.10. The molecule has 1 N–H and O–H groups in total. The van der Waals surface area contributed by atoms with E-state index in [1.54, 1.807) is 0 Å². The first-order chi connectivity index (χ1) is 6.56. The fourth-order valence-electron chi connectivity index (χ4n) is 1.42. The van der Waals surface area contributed by atoms with Gasteiger partial charge in [0, 0.05) is 18.4 Å². The molecule has 0 bridgehead atoms. The van der Waals surface area contributed by atoms with Crippen molar-refractivity contribution in [3.63, 3.8) is 0 Å². The first-order valence-electron chi connectivity index (χ1n) is 5.33. The molecule has 0 fully saturated rings. The van der Waals surface area contributed by atoms with Crippen LogP contribution in [-0.2, 0) is 13.0 Å². The predicted molar refractivity (Wildman–Crippen MR) is 63.0 cm³/mol. The molecule has 14 heavy (non-hydrogen) atoms. The molecular weight excluding hydrogens is 192 g/mol. The van der Waals surface area contributed by atoms with E-state index in [9.17, 15) is 0 Å². The molecule has 0 spiro atoms. The average Bonchev–Trinajstić information content (AvgIpc) is 2.47. The van der Waals surface area contributed by atoms with Gasteiger partial charge in [0.25, 0.3) is 0 Å². The summed E-state index contributed by atoms with van der Waals surface area (Å²) in [4.78, 5) is 3.11. The molecule has 3 heteroatoms. The van der Waals surface area contributed by atoms with Crippen LogP contribution >= 0.6 is 12.2 Å². The van der Waals surface area contributed by atoms with Crippen LogP contribution in [0.15, 0.2) is 6.20 Å². The topological polar surface area (TPSA) is 20.7 Å². The summed E-state index contributed by atoms with van der Waals surface area (Å²) in [6.07, 6.45) is 3.06. The molecule has 0 radical (unpaired) electrons. The minimum atomic E-state index is 0.669. The number of aromatic amines is 1. The van der Waals surface area contributed by atoms with Crippen LogP contribution in [0.2, 0.25) is 0 Å². The monoisotopic (exact) mass is 212 g/mol. The van der Waals surface area contributed by atoms with Gasteiger partial charge in [0.2, 0.25) is 0 Å². The minimum Gasteiger partial charge on any atom is -0.337 e. The molecule has 80 valence electrons. The molecule has 0 aromatic carbocycles. The molecule has 1 rings (SSSR count). The molecule has 0 saturated heterocycles. The van der Waals surface area contributed by atoms with Gasteiger partial charge >= 0.3 is 0 Å². The Kier molecular flexibility index (Phi) is 3.93. The molecule has 0 saturated carbocycles. The summed E-state index contributed by atoms with van der Waals surface area (Å²) in [6, 6.07) is 0. The number of hydrogen-bond acceptors (Lipinski definition) is 1. The Balaban J connectivity index is 2.84. The number of aromatic nitrogens is 2. The van der Waals surface area contributed by atoms with Gasteiger partial charge < -0.3 is 9.55 Å². The van der Waals surface area contributed by atoms with E-state index in [-0.39, 0.29) is 0 Å². The van der Waals surface area contributed by atoms with Gasteiger partial charge in [-0.15, -0.1) is 0 Å². The van der Waals surface area contributed by atoms with Crippen molar-refractivity contribution in [3.8, 4) is 0 Å². The summed E-state index contributed by atoms with van der Waals surface area (Å²) in [5, 5.41) is 0. The Morgan fingerprint density at radius 3 is 2.57 bits per heavy atom. The van der Waals surface area contributed by atoms with Crippen LogP contribution in [0.3, 0.4) is 0 Å². The van der Waals surface area contributed by atoms with Crippen LogP contribution < -0.4 is 0 Å². The van der Waals surface area contributed by atoms with Gasteiger partial charge in [-0.2, -0.15) is 0 Å². The fourth-order valence-corrected chi connectivity index (χ4v) is 1.67. The Bertz CT molecular complexity index is 335. The van der Waals surface area contributed by atoms with Gasteiger partial charge in [-0.3, -0.25) is 0 Å². The highest BCUT2D eigenvalue weighted by Crippen LogP contribution is 2.14. The normalized spacial score (nSPS) is 13.5. The lowest BCUT2D eigenvalue weighted by molar-refractivity contribution is 0.359. The van der Waals surface area contributed by atoms with E-state index in [1.165, 1.54) is 5.69 Å². The summed E-state index contributed by atoms with van der Waals surface area (Å²) < 4.78 is 3.08. The summed E-state index contributed by atoms with van der Waals surface area (Å²) >= 11 is 5.25. The molecular formula is C11H20N2S. The Hall–Kier alpha value is -0.570. The SMILES string of the molecule is CCc1c[nH]c(=S)n1CC(C)C(C)C. The number of hydrogen-bond donors (Lipinski definition) is 1.